The van der Waals surface area contributed by atoms with Gasteiger partial charge in [-0.25, -0.2) is 4.98 Å². The van der Waals surface area contributed by atoms with Gasteiger partial charge in [0, 0.05) is 43.7 Å². The molecule has 0 N–H and O–H groups in total. The van der Waals surface area contributed by atoms with Crippen LogP contribution in [0.25, 0.3) is 0 Å². The van der Waals surface area contributed by atoms with Crippen LogP contribution < -0.4 is 9.64 Å². The first kappa shape index (κ1) is 18.3. The molecule has 2 aliphatic heterocycles. The van der Waals surface area contributed by atoms with Crippen molar-refractivity contribution in [2.45, 2.75) is 19.4 Å². The van der Waals surface area contributed by atoms with Gasteiger partial charge >= 0.3 is 0 Å². The number of thiazole rings is 1. The number of amides is 1. The predicted molar refractivity (Wildman–Crippen MR) is 108 cm³/mol. The zero-order valence-electron chi connectivity index (χ0n) is 15.8. The Morgan fingerprint density at radius 3 is 2.44 bits per heavy atom. The summed E-state index contributed by atoms with van der Waals surface area (Å²) in [5.74, 6) is 0.857. The second-order valence-electron chi connectivity index (χ2n) is 7.11. The molecular weight excluding hydrogens is 360 g/mol. The number of rotatable bonds is 5. The summed E-state index contributed by atoms with van der Waals surface area (Å²) in [5.41, 5.74) is 1.89. The normalized spacial score (nSPS) is 18.1. The number of methoxy groups -OCH3 is 1. The lowest BCUT2D eigenvalue weighted by Gasteiger charge is -2.34. The van der Waals surface area contributed by atoms with Crippen LogP contribution in [0.2, 0.25) is 0 Å². The minimum atomic E-state index is 0.0890. The lowest BCUT2D eigenvalue weighted by molar-refractivity contribution is 0.0746. The Hall–Kier alpha value is -2.12. The van der Waals surface area contributed by atoms with Crippen LogP contribution in [0.1, 0.15) is 28.9 Å². The van der Waals surface area contributed by atoms with E-state index in [4.69, 9.17) is 9.72 Å². The van der Waals surface area contributed by atoms with Gasteiger partial charge in [0.15, 0.2) is 5.13 Å². The highest BCUT2D eigenvalue weighted by Gasteiger charge is 2.24. The number of hydrogen-bond donors (Lipinski definition) is 0. The predicted octanol–water partition coefficient (Wildman–Crippen LogP) is 2.71. The van der Waals surface area contributed by atoms with Crippen LogP contribution in [0.5, 0.6) is 5.75 Å². The zero-order chi connectivity index (χ0) is 18.6. The third-order valence-corrected chi connectivity index (χ3v) is 6.25. The number of anilines is 1. The van der Waals surface area contributed by atoms with Crippen LogP contribution in [0, 0.1) is 0 Å². The van der Waals surface area contributed by atoms with Gasteiger partial charge < -0.3 is 14.5 Å². The quantitative estimate of drug-likeness (QED) is 0.791. The molecule has 4 rings (SSSR count). The molecule has 0 radical (unpaired) electrons. The molecule has 0 unspecified atom stereocenters. The number of piperazine rings is 1. The molecule has 1 aromatic carbocycles. The van der Waals surface area contributed by atoms with E-state index in [1.54, 1.807) is 18.4 Å². The van der Waals surface area contributed by atoms with Gasteiger partial charge in [-0.2, -0.15) is 0 Å². The number of ether oxygens (including phenoxy) is 1. The van der Waals surface area contributed by atoms with Crippen LogP contribution in [-0.4, -0.2) is 67.1 Å². The molecule has 0 saturated carbocycles. The molecule has 2 aromatic rings. The Labute approximate surface area is 164 Å². The molecular formula is C20H26N4O2S. The fourth-order valence-corrected chi connectivity index (χ4v) is 4.57. The Morgan fingerprint density at radius 1 is 1.07 bits per heavy atom. The number of likely N-dealkylation sites (tertiary alicyclic amines) is 1. The zero-order valence-corrected chi connectivity index (χ0v) is 16.6. The van der Waals surface area contributed by atoms with E-state index in [0.29, 0.717) is 5.56 Å². The molecule has 0 bridgehead atoms. The summed E-state index contributed by atoms with van der Waals surface area (Å²) in [6.45, 7) is 6.47. The van der Waals surface area contributed by atoms with Crippen molar-refractivity contribution in [3.8, 4) is 5.75 Å². The molecule has 3 heterocycles. The maximum atomic E-state index is 12.7. The molecule has 0 spiro atoms. The summed E-state index contributed by atoms with van der Waals surface area (Å²) in [7, 11) is 1.63. The van der Waals surface area contributed by atoms with E-state index in [1.165, 1.54) is 31.6 Å². The number of hydrogen-bond acceptors (Lipinski definition) is 6. The van der Waals surface area contributed by atoms with Gasteiger partial charge in [-0.3, -0.25) is 9.69 Å². The first-order chi connectivity index (χ1) is 13.2. The Balaban J connectivity index is 1.31. The Kier molecular flexibility index (Phi) is 5.59. The highest BCUT2D eigenvalue weighted by atomic mass is 32.1. The van der Waals surface area contributed by atoms with Crippen molar-refractivity contribution in [1.29, 1.82) is 0 Å². The minimum absolute atomic E-state index is 0.0890. The highest BCUT2D eigenvalue weighted by Crippen LogP contribution is 2.24. The summed E-state index contributed by atoms with van der Waals surface area (Å²) < 4.78 is 5.16. The molecule has 27 heavy (non-hydrogen) atoms. The standard InChI is InChI=1S/C20H26N4O2S/c1-26-18-6-4-16(5-7-18)19(25)23-10-12-24(13-11-23)20-21-17(15-27-20)14-22-8-2-3-9-22/h4-7,15H,2-3,8-14H2,1H3. The van der Waals surface area contributed by atoms with Crippen molar-refractivity contribution in [2.75, 3.05) is 51.3 Å². The van der Waals surface area contributed by atoms with Gasteiger partial charge in [0.1, 0.15) is 5.75 Å². The molecule has 2 saturated heterocycles. The van der Waals surface area contributed by atoms with E-state index in [-0.39, 0.29) is 5.91 Å². The molecule has 0 atom stereocenters. The molecule has 6 nitrogen and oxygen atoms in total. The van der Waals surface area contributed by atoms with Crippen LogP contribution >= 0.6 is 11.3 Å². The van der Waals surface area contributed by atoms with Crippen molar-refractivity contribution in [1.82, 2.24) is 14.8 Å². The van der Waals surface area contributed by atoms with Gasteiger partial charge in [0.2, 0.25) is 0 Å². The van der Waals surface area contributed by atoms with E-state index in [2.05, 4.69) is 15.2 Å². The lowest BCUT2D eigenvalue weighted by Crippen LogP contribution is -2.48. The van der Waals surface area contributed by atoms with Crippen molar-refractivity contribution < 1.29 is 9.53 Å². The summed E-state index contributed by atoms with van der Waals surface area (Å²) in [6, 6.07) is 7.33. The molecule has 2 fully saturated rings. The van der Waals surface area contributed by atoms with E-state index in [1.807, 2.05) is 29.2 Å². The van der Waals surface area contributed by atoms with E-state index >= 15 is 0 Å². The number of carbonyl (C=O) groups excluding carboxylic acids is 1. The third-order valence-electron chi connectivity index (χ3n) is 5.30. The molecule has 144 valence electrons. The maximum absolute atomic E-state index is 12.7. The third kappa shape index (κ3) is 4.25. The number of nitrogens with zero attached hydrogens (tertiary/aromatic N) is 4. The molecule has 2 aliphatic rings. The monoisotopic (exact) mass is 386 g/mol. The molecule has 1 aromatic heterocycles. The number of carbonyl (C=O) groups is 1. The van der Waals surface area contributed by atoms with E-state index < -0.39 is 0 Å². The number of benzene rings is 1. The smallest absolute Gasteiger partial charge is 0.253 e. The van der Waals surface area contributed by atoms with Crippen LogP contribution in [0.15, 0.2) is 29.6 Å². The fraction of sp³-hybridized carbons (Fsp3) is 0.500. The fourth-order valence-electron chi connectivity index (χ4n) is 3.70. The average molecular weight is 387 g/mol. The Morgan fingerprint density at radius 2 is 1.78 bits per heavy atom. The van der Waals surface area contributed by atoms with Crippen molar-refractivity contribution in [2.24, 2.45) is 0 Å². The van der Waals surface area contributed by atoms with Gasteiger partial charge in [-0.05, 0) is 50.2 Å². The van der Waals surface area contributed by atoms with E-state index in [9.17, 15) is 4.79 Å². The summed E-state index contributed by atoms with van der Waals surface area (Å²) >= 11 is 1.72. The SMILES string of the molecule is COc1ccc(C(=O)N2CCN(c3nc(CN4CCCC4)cs3)CC2)cc1. The second kappa shape index (κ2) is 8.27. The minimum Gasteiger partial charge on any atom is -0.497 e. The van der Waals surface area contributed by atoms with Crippen LogP contribution in [0.4, 0.5) is 5.13 Å². The van der Waals surface area contributed by atoms with E-state index in [0.717, 1.165) is 43.6 Å². The van der Waals surface area contributed by atoms with Crippen LogP contribution in [0.3, 0.4) is 0 Å². The largest absolute Gasteiger partial charge is 0.497 e. The average Bonchev–Trinajstić information content (AvgIpc) is 3.40. The summed E-state index contributed by atoms with van der Waals surface area (Å²) in [4.78, 5) is 24.2. The molecule has 7 heteroatoms. The second-order valence-corrected chi connectivity index (χ2v) is 7.95. The van der Waals surface area contributed by atoms with Gasteiger partial charge in [-0.1, -0.05) is 0 Å². The first-order valence-electron chi connectivity index (χ1n) is 9.58. The highest BCUT2D eigenvalue weighted by molar-refractivity contribution is 7.13. The van der Waals surface area contributed by atoms with Gasteiger partial charge in [0.25, 0.3) is 5.91 Å². The summed E-state index contributed by atoms with van der Waals surface area (Å²) in [5, 5.41) is 3.27. The topological polar surface area (TPSA) is 48.9 Å². The van der Waals surface area contributed by atoms with Gasteiger partial charge in [0.05, 0.1) is 12.8 Å². The van der Waals surface area contributed by atoms with Crippen molar-refractivity contribution in [3.05, 3.63) is 40.9 Å². The lowest BCUT2D eigenvalue weighted by atomic mass is 10.1. The Bertz CT molecular complexity index is 763. The van der Waals surface area contributed by atoms with Crippen molar-refractivity contribution in [3.63, 3.8) is 0 Å². The molecule has 1 amide bonds. The first-order valence-corrected chi connectivity index (χ1v) is 10.5. The van der Waals surface area contributed by atoms with Crippen LogP contribution in [-0.2, 0) is 6.54 Å². The van der Waals surface area contributed by atoms with Gasteiger partial charge in [-0.15, -0.1) is 11.3 Å². The maximum Gasteiger partial charge on any atom is 0.253 e. The van der Waals surface area contributed by atoms with Crippen molar-refractivity contribution >= 4 is 22.4 Å². The number of aromatic nitrogens is 1. The molecule has 0 aliphatic carbocycles. The summed E-state index contributed by atoms with van der Waals surface area (Å²) in [6.07, 6.45) is 2.61.